The summed E-state index contributed by atoms with van der Waals surface area (Å²) in [5.41, 5.74) is 0. The van der Waals surface area contributed by atoms with E-state index in [1.807, 2.05) is 6.07 Å². The first-order chi connectivity index (χ1) is 6.61. The van der Waals surface area contributed by atoms with Crippen LogP contribution in [0.3, 0.4) is 0 Å². The van der Waals surface area contributed by atoms with Gasteiger partial charge in [-0.05, 0) is 0 Å². The molecule has 7 heteroatoms. The van der Waals surface area contributed by atoms with Crippen LogP contribution in [0.5, 0.6) is 0 Å². The third-order valence-corrected chi connectivity index (χ3v) is 2.02. The van der Waals surface area contributed by atoms with E-state index in [0.29, 0.717) is 0 Å². The number of carboxylic acids is 1. The lowest BCUT2D eigenvalue weighted by Gasteiger charge is -2.10. The molecule has 0 heterocycles. The van der Waals surface area contributed by atoms with Gasteiger partial charge in [-0.15, -0.1) is 11.8 Å². The molecule has 0 aromatic rings. The Morgan fingerprint density at radius 2 is 2.21 bits per heavy atom. The summed E-state index contributed by atoms with van der Waals surface area (Å²) in [5, 5.41) is 27.3. The van der Waals surface area contributed by atoms with E-state index in [2.05, 4.69) is 5.32 Å². The van der Waals surface area contributed by atoms with Gasteiger partial charge in [0.2, 0.25) is 5.91 Å². The van der Waals surface area contributed by atoms with E-state index >= 15 is 0 Å². The van der Waals surface area contributed by atoms with E-state index in [1.165, 1.54) is 0 Å². The van der Waals surface area contributed by atoms with Crippen molar-refractivity contribution in [1.29, 1.82) is 5.26 Å². The molecule has 1 atom stereocenters. The summed E-state index contributed by atoms with van der Waals surface area (Å²) >= 11 is 1.08. The topological polar surface area (TPSA) is 110 Å². The second kappa shape index (κ2) is 7.17. The Morgan fingerprint density at radius 3 is 2.64 bits per heavy atom. The highest BCUT2D eigenvalue weighted by Crippen LogP contribution is 1.97. The van der Waals surface area contributed by atoms with Crippen LogP contribution in [-0.2, 0) is 9.59 Å². The molecule has 6 nitrogen and oxygen atoms in total. The van der Waals surface area contributed by atoms with Gasteiger partial charge in [-0.2, -0.15) is 5.26 Å². The van der Waals surface area contributed by atoms with Gasteiger partial charge in [0.05, 0.1) is 24.2 Å². The average molecular weight is 218 g/mol. The minimum atomic E-state index is -1.29. The summed E-state index contributed by atoms with van der Waals surface area (Å²) < 4.78 is 0. The standard InChI is InChI=1S/C7H10N2O4S/c8-1-2-14-4-6(11)9-5(3-10)7(12)13/h5,10H,2-4H2,(H,9,11)(H,12,13)/t5-/m0/s1. The van der Waals surface area contributed by atoms with Gasteiger partial charge in [-0.3, -0.25) is 4.79 Å². The number of hydrogen-bond acceptors (Lipinski definition) is 5. The number of rotatable bonds is 6. The van der Waals surface area contributed by atoms with Gasteiger partial charge in [0.15, 0.2) is 0 Å². The number of amides is 1. The van der Waals surface area contributed by atoms with Crippen LogP contribution in [0, 0.1) is 11.3 Å². The molecule has 0 bridgehead atoms. The monoisotopic (exact) mass is 218 g/mol. The molecular formula is C7H10N2O4S. The smallest absolute Gasteiger partial charge is 0.328 e. The predicted octanol–water partition coefficient (Wildman–Crippen LogP) is -1.20. The van der Waals surface area contributed by atoms with E-state index in [1.54, 1.807) is 0 Å². The number of aliphatic carboxylic acids is 1. The summed E-state index contributed by atoms with van der Waals surface area (Å²) in [6.45, 7) is -0.649. The van der Waals surface area contributed by atoms with Crippen LogP contribution in [0.15, 0.2) is 0 Å². The van der Waals surface area contributed by atoms with E-state index in [-0.39, 0.29) is 11.5 Å². The van der Waals surface area contributed by atoms with Gasteiger partial charge in [0.1, 0.15) is 6.04 Å². The molecule has 78 valence electrons. The second-order valence-electron chi connectivity index (χ2n) is 2.29. The first kappa shape index (κ1) is 12.7. The number of thioether (sulfide) groups is 1. The molecule has 0 aromatic carbocycles. The van der Waals surface area contributed by atoms with Crippen molar-refractivity contribution in [3.05, 3.63) is 0 Å². The van der Waals surface area contributed by atoms with Crippen molar-refractivity contribution in [3.63, 3.8) is 0 Å². The van der Waals surface area contributed by atoms with Crippen LogP contribution in [0.2, 0.25) is 0 Å². The molecule has 0 spiro atoms. The van der Waals surface area contributed by atoms with Gasteiger partial charge in [-0.25, -0.2) is 4.79 Å². The van der Waals surface area contributed by atoms with Crippen LogP contribution in [0.25, 0.3) is 0 Å². The highest BCUT2D eigenvalue weighted by atomic mass is 32.2. The second-order valence-corrected chi connectivity index (χ2v) is 3.28. The molecule has 0 saturated heterocycles. The van der Waals surface area contributed by atoms with E-state index in [0.717, 1.165) is 11.8 Å². The first-order valence-corrected chi connectivity index (χ1v) is 4.85. The lowest BCUT2D eigenvalue weighted by Crippen LogP contribution is -2.44. The van der Waals surface area contributed by atoms with E-state index in [9.17, 15) is 9.59 Å². The lowest BCUT2D eigenvalue weighted by atomic mass is 10.3. The van der Waals surface area contributed by atoms with Crippen LogP contribution in [-0.4, -0.2) is 46.2 Å². The van der Waals surface area contributed by atoms with E-state index in [4.69, 9.17) is 15.5 Å². The minimum absolute atomic E-state index is 0.0112. The van der Waals surface area contributed by atoms with Crippen LogP contribution in [0.1, 0.15) is 0 Å². The van der Waals surface area contributed by atoms with Crippen molar-refractivity contribution >= 4 is 23.6 Å². The lowest BCUT2D eigenvalue weighted by molar-refractivity contribution is -0.142. The largest absolute Gasteiger partial charge is 0.480 e. The number of carboxylic acid groups (broad SMARTS) is 1. The van der Waals surface area contributed by atoms with Crippen LogP contribution < -0.4 is 5.32 Å². The molecular weight excluding hydrogens is 208 g/mol. The Morgan fingerprint density at radius 1 is 1.57 bits per heavy atom. The zero-order valence-electron chi connectivity index (χ0n) is 7.27. The maximum atomic E-state index is 11.0. The molecule has 14 heavy (non-hydrogen) atoms. The number of hydrogen-bond donors (Lipinski definition) is 3. The summed E-state index contributed by atoms with van der Waals surface area (Å²) in [5.74, 6) is -1.61. The number of nitrogens with one attached hydrogen (secondary N) is 1. The Balaban J connectivity index is 3.80. The van der Waals surface area contributed by atoms with Gasteiger partial charge < -0.3 is 15.5 Å². The van der Waals surface area contributed by atoms with Crippen molar-refractivity contribution < 1.29 is 19.8 Å². The summed E-state index contributed by atoms with van der Waals surface area (Å²) in [6, 6.07) is 0.557. The molecule has 0 aromatic heterocycles. The quantitative estimate of drug-likeness (QED) is 0.483. The number of nitriles is 1. The van der Waals surface area contributed by atoms with Gasteiger partial charge >= 0.3 is 5.97 Å². The number of aliphatic hydroxyl groups is 1. The number of carbonyl (C=O) groups is 2. The Labute approximate surface area is 84.9 Å². The van der Waals surface area contributed by atoms with Gasteiger partial charge in [0.25, 0.3) is 0 Å². The normalized spacial score (nSPS) is 11.4. The van der Waals surface area contributed by atoms with Crippen LogP contribution >= 0.6 is 11.8 Å². The molecule has 0 aliphatic rings. The fourth-order valence-corrected chi connectivity index (χ4v) is 1.07. The zero-order chi connectivity index (χ0) is 11.0. The minimum Gasteiger partial charge on any atom is -0.480 e. The van der Waals surface area contributed by atoms with Crippen LogP contribution in [0.4, 0.5) is 0 Å². The van der Waals surface area contributed by atoms with Crippen molar-refractivity contribution in [2.45, 2.75) is 6.04 Å². The molecule has 0 fully saturated rings. The summed E-state index contributed by atoms with van der Waals surface area (Å²) in [7, 11) is 0. The Bertz CT molecular complexity index is 251. The van der Waals surface area contributed by atoms with Gasteiger partial charge in [0, 0.05) is 0 Å². The maximum Gasteiger partial charge on any atom is 0.328 e. The molecule has 0 radical (unpaired) electrons. The summed E-state index contributed by atoms with van der Waals surface area (Å²) in [6.07, 6.45) is 0. The van der Waals surface area contributed by atoms with Crippen molar-refractivity contribution in [2.24, 2.45) is 0 Å². The summed E-state index contributed by atoms with van der Waals surface area (Å²) in [4.78, 5) is 21.3. The Kier molecular flexibility index (Phi) is 6.53. The Hall–Kier alpha value is -1.26. The molecule has 0 saturated carbocycles. The molecule has 0 unspecified atom stereocenters. The molecule has 1 amide bonds. The third kappa shape index (κ3) is 5.40. The number of aliphatic hydroxyl groups excluding tert-OH is 1. The third-order valence-electron chi connectivity index (χ3n) is 1.22. The average Bonchev–Trinajstić information content (AvgIpc) is 2.14. The highest BCUT2D eigenvalue weighted by molar-refractivity contribution is 8.00. The van der Waals surface area contributed by atoms with Crippen molar-refractivity contribution in [3.8, 4) is 6.07 Å². The van der Waals surface area contributed by atoms with Gasteiger partial charge in [-0.1, -0.05) is 0 Å². The van der Waals surface area contributed by atoms with E-state index < -0.39 is 24.5 Å². The molecule has 0 aliphatic heterocycles. The first-order valence-electron chi connectivity index (χ1n) is 3.69. The fraction of sp³-hybridized carbons (Fsp3) is 0.571. The maximum absolute atomic E-state index is 11.0. The fourth-order valence-electron chi connectivity index (χ4n) is 0.611. The zero-order valence-corrected chi connectivity index (χ0v) is 8.08. The predicted molar refractivity (Wildman–Crippen MR) is 49.6 cm³/mol. The SMILES string of the molecule is N#CCSCC(=O)N[C@@H](CO)C(=O)O. The molecule has 3 N–H and O–H groups in total. The van der Waals surface area contributed by atoms with Crippen molar-refractivity contribution in [1.82, 2.24) is 5.32 Å². The van der Waals surface area contributed by atoms with Crippen molar-refractivity contribution in [2.75, 3.05) is 18.1 Å². The number of nitrogens with zero attached hydrogens (tertiary/aromatic N) is 1. The number of carbonyl (C=O) groups excluding carboxylic acids is 1. The molecule has 0 rings (SSSR count). The highest BCUT2D eigenvalue weighted by Gasteiger charge is 2.18. The molecule has 0 aliphatic carbocycles.